The molecule has 2 aliphatic rings. The molecule has 0 spiro atoms. The lowest BCUT2D eigenvalue weighted by Gasteiger charge is -2.04. The predicted octanol–water partition coefficient (Wildman–Crippen LogP) is -0.195. The average Bonchev–Trinajstić information content (AvgIpc) is 2.54. The molecular formula is C7H15N2+. The van der Waals surface area contributed by atoms with Gasteiger partial charge in [-0.05, 0) is 6.92 Å². The highest BCUT2D eigenvalue weighted by Crippen LogP contribution is 2.39. The summed E-state index contributed by atoms with van der Waals surface area (Å²) >= 11 is 0. The summed E-state index contributed by atoms with van der Waals surface area (Å²) in [6.07, 6.45) is 0. The van der Waals surface area contributed by atoms with Gasteiger partial charge in [-0.2, -0.15) is 0 Å². The summed E-state index contributed by atoms with van der Waals surface area (Å²) < 4.78 is 1.23. The summed E-state index contributed by atoms with van der Waals surface area (Å²) in [5.74, 6) is 0. The zero-order chi connectivity index (χ0) is 6.65. The Labute approximate surface area is 56.4 Å². The molecular weight excluding hydrogens is 112 g/mol. The van der Waals surface area contributed by atoms with Crippen molar-refractivity contribution in [3.63, 3.8) is 0 Å². The number of rotatable bonds is 1. The highest BCUT2D eigenvalue weighted by molar-refractivity contribution is 5.01. The zero-order valence-corrected chi connectivity index (χ0v) is 6.39. The van der Waals surface area contributed by atoms with Gasteiger partial charge < -0.3 is 9.80 Å². The third kappa shape index (κ3) is 0.634. The van der Waals surface area contributed by atoms with E-state index in [4.69, 9.17) is 0 Å². The minimum Gasteiger partial charge on any atom is -0.313 e. The van der Waals surface area contributed by atoms with Crippen molar-refractivity contribution in [3.05, 3.63) is 0 Å². The van der Waals surface area contributed by atoms with E-state index in [0.717, 1.165) is 18.1 Å². The van der Waals surface area contributed by atoms with Crippen molar-refractivity contribution in [2.24, 2.45) is 0 Å². The second-order valence-electron chi connectivity index (χ2n) is 3.88. The van der Waals surface area contributed by atoms with E-state index in [-0.39, 0.29) is 0 Å². The highest BCUT2D eigenvalue weighted by Gasteiger charge is 2.63. The second kappa shape index (κ2) is 1.32. The Morgan fingerprint density at radius 2 is 1.89 bits per heavy atom. The molecule has 2 saturated heterocycles. The lowest BCUT2D eigenvalue weighted by Crippen LogP contribution is -2.21. The van der Waals surface area contributed by atoms with Crippen LogP contribution in [0.5, 0.6) is 0 Å². The van der Waals surface area contributed by atoms with Crippen LogP contribution in [0.3, 0.4) is 0 Å². The van der Waals surface area contributed by atoms with Crippen molar-refractivity contribution < 1.29 is 4.48 Å². The van der Waals surface area contributed by atoms with E-state index < -0.39 is 0 Å². The van der Waals surface area contributed by atoms with E-state index in [1.54, 1.807) is 0 Å². The van der Waals surface area contributed by atoms with Gasteiger partial charge in [0.15, 0.2) is 6.04 Å². The smallest absolute Gasteiger partial charge is 0.158 e. The Hall–Kier alpha value is -0.0800. The van der Waals surface area contributed by atoms with E-state index in [1.165, 1.54) is 11.0 Å². The van der Waals surface area contributed by atoms with Gasteiger partial charge in [-0.25, -0.2) is 0 Å². The molecule has 52 valence electrons. The van der Waals surface area contributed by atoms with Crippen molar-refractivity contribution in [1.82, 2.24) is 5.32 Å². The molecule has 0 bridgehead atoms. The Balaban J connectivity index is 2.03. The van der Waals surface area contributed by atoms with Crippen molar-refractivity contribution in [2.75, 3.05) is 20.6 Å². The molecule has 0 aromatic rings. The van der Waals surface area contributed by atoms with Crippen molar-refractivity contribution >= 4 is 0 Å². The van der Waals surface area contributed by atoms with Crippen LogP contribution in [-0.2, 0) is 0 Å². The van der Waals surface area contributed by atoms with E-state index in [0.29, 0.717) is 0 Å². The number of quaternary nitrogens is 1. The first-order chi connectivity index (χ1) is 4.14. The third-order valence-electron chi connectivity index (χ3n) is 3.07. The molecule has 3 atom stereocenters. The first-order valence-electron chi connectivity index (χ1n) is 3.71. The predicted molar refractivity (Wildman–Crippen MR) is 37.1 cm³/mol. The van der Waals surface area contributed by atoms with Gasteiger partial charge in [0.2, 0.25) is 0 Å². The Morgan fingerprint density at radius 1 is 1.44 bits per heavy atom. The first-order valence-corrected chi connectivity index (χ1v) is 3.71. The van der Waals surface area contributed by atoms with E-state index in [9.17, 15) is 0 Å². The lowest BCUT2D eigenvalue weighted by molar-refractivity contribution is -0.781. The van der Waals surface area contributed by atoms with Crippen LogP contribution in [0.4, 0.5) is 0 Å². The molecule has 0 aromatic carbocycles. The molecule has 2 fully saturated rings. The van der Waals surface area contributed by atoms with Gasteiger partial charge in [-0.15, -0.1) is 0 Å². The van der Waals surface area contributed by atoms with Crippen LogP contribution in [0.15, 0.2) is 0 Å². The molecule has 2 aliphatic heterocycles. The van der Waals surface area contributed by atoms with Crippen LogP contribution in [0, 0.1) is 0 Å². The van der Waals surface area contributed by atoms with Crippen LogP contribution in [0.2, 0.25) is 0 Å². The maximum absolute atomic E-state index is 3.37. The Kier molecular flexibility index (Phi) is 0.837. The third-order valence-corrected chi connectivity index (χ3v) is 3.07. The SMILES string of the molecule is CC1C(C2CN2)[N+]1(C)C. The molecule has 2 nitrogen and oxygen atoms in total. The molecule has 3 unspecified atom stereocenters. The summed E-state index contributed by atoms with van der Waals surface area (Å²) in [6.45, 7) is 3.60. The maximum atomic E-state index is 3.37. The van der Waals surface area contributed by atoms with Crippen molar-refractivity contribution in [1.29, 1.82) is 0 Å². The van der Waals surface area contributed by atoms with Gasteiger partial charge >= 0.3 is 0 Å². The second-order valence-corrected chi connectivity index (χ2v) is 3.88. The van der Waals surface area contributed by atoms with Crippen LogP contribution >= 0.6 is 0 Å². The topological polar surface area (TPSA) is 21.9 Å². The van der Waals surface area contributed by atoms with Crippen LogP contribution in [0.1, 0.15) is 6.92 Å². The average molecular weight is 127 g/mol. The Bertz CT molecular complexity index is 138. The number of hydrogen-bond donors (Lipinski definition) is 1. The summed E-state index contributed by atoms with van der Waals surface area (Å²) in [7, 11) is 4.63. The fourth-order valence-corrected chi connectivity index (χ4v) is 1.93. The van der Waals surface area contributed by atoms with Gasteiger partial charge in [-0.3, -0.25) is 0 Å². The number of likely N-dealkylation sites (N-methyl/N-ethyl adjacent to an activating group) is 1. The largest absolute Gasteiger partial charge is 0.313 e. The molecule has 0 saturated carbocycles. The zero-order valence-electron chi connectivity index (χ0n) is 6.39. The lowest BCUT2D eigenvalue weighted by atomic mass is 10.3. The molecule has 2 heteroatoms. The van der Waals surface area contributed by atoms with Crippen LogP contribution < -0.4 is 5.32 Å². The minimum atomic E-state index is 0.856. The number of nitrogens with zero attached hydrogens (tertiary/aromatic N) is 1. The van der Waals surface area contributed by atoms with Gasteiger partial charge in [0.1, 0.15) is 6.04 Å². The summed E-state index contributed by atoms with van der Waals surface area (Å²) in [6, 6.07) is 2.67. The minimum absolute atomic E-state index is 0.856. The van der Waals surface area contributed by atoms with Crippen LogP contribution in [0.25, 0.3) is 0 Å². The summed E-state index contributed by atoms with van der Waals surface area (Å²) in [4.78, 5) is 0. The van der Waals surface area contributed by atoms with Gasteiger partial charge in [-0.1, -0.05) is 0 Å². The first kappa shape index (κ1) is 5.69. The number of nitrogens with one attached hydrogen (secondary N) is 1. The van der Waals surface area contributed by atoms with Crippen molar-refractivity contribution in [3.8, 4) is 0 Å². The van der Waals surface area contributed by atoms with Crippen LogP contribution in [-0.4, -0.2) is 43.2 Å². The number of hydrogen-bond acceptors (Lipinski definition) is 1. The standard InChI is InChI=1S/C7H15N2/c1-5-7(6-4-8-6)9(5,2)3/h5-8H,4H2,1-3H3/q+1. The summed E-state index contributed by atoms with van der Waals surface area (Å²) in [5.41, 5.74) is 0. The normalized spacial score (nSPS) is 53.0. The maximum Gasteiger partial charge on any atom is 0.158 e. The molecule has 0 aliphatic carbocycles. The fourth-order valence-electron chi connectivity index (χ4n) is 1.93. The van der Waals surface area contributed by atoms with Crippen molar-refractivity contribution in [2.45, 2.75) is 25.0 Å². The van der Waals surface area contributed by atoms with Gasteiger partial charge in [0.05, 0.1) is 20.1 Å². The van der Waals surface area contributed by atoms with E-state index in [1.807, 2.05) is 0 Å². The molecule has 0 radical (unpaired) electrons. The Morgan fingerprint density at radius 3 is 2.00 bits per heavy atom. The fraction of sp³-hybridized carbons (Fsp3) is 1.00. The van der Waals surface area contributed by atoms with Gasteiger partial charge in [0, 0.05) is 6.54 Å². The van der Waals surface area contributed by atoms with E-state index >= 15 is 0 Å². The molecule has 1 N–H and O–H groups in total. The quantitative estimate of drug-likeness (QED) is 0.382. The molecule has 0 amide bonds. The van der Waals surface area contributed by atoms with Gasteiger partial charge in [0.25, 0.3) is 0 Å². The van der Waals surface area contributed by atoms with E-state index in [2.05, 4.69) is 26.3 Å². The highest BCUT2D eigenvalue weighted by atomic mass is 15.5. The molecule has 9 heavy (non-hydrogen) atoms. The monoisotopic (exact) mass is 127 g/mol. The molecule has 2 heterocycles. The molecule has 0 aromatic heterocycles. The summed E-state index contributed by atoms with van der Waals surface area (Å²) in [5, 5.41) is 3.37. The molecule has 2 rings (SSSR count).